The lowest BCUT2D eigenvalue weighted by atomic mass is 9.57. The van der Waals surface area contributed by atoms with Crippen LogP contribution in [0.1, 0.15) is 63.9 Å². The van der Waals surface area contributed by atoms with Crippen molar-refractivity contribution in [3.63, 3.8) is 0 Å². The second kappa shape index (κ2) is 11.4. The molecule has 0 spiro atoms. The topological polar surface area (TPSA) is 104 Å². The summed E-state index contributed by atoms with van der Waals surface area (Å²) in [6.07, 6.45) is -1.60. The number of ether oxygens (including phenoxy) is 5. The number of hydrogen-bond donors (Lipinski definition) is 2. The van der Waals surface area contributed by atoms with Gasteiger partial charge < -0.3 is 33.9 Å². The number of rotatable bonds is 7. The maximum atomic E-state index is 14.1. The Hall–Kier alpha value is -2.59. The van der Waals surface area contributed by atoms with E-state index in [1.807, 2.05) is 75.4 Å². The van der Waals surface area contributed by atoms with Crippen molar-refractivity contribution in [2.75, 3.05) is 13.9 Å². The highest BCUT2D eigenvalue weighted by Gasteiger charge is 2.70. The van der Waals surface area contributed by atoms with Gasteiger partial charge in [-0.1, -0.05) is 75.4 Å². The lowest BCUT2D eigenvalue weighted by molar-refractivity contribution is -0.202. The van der Waals surface area contributed by atoms with Crippen molar-refractivity contribution in [2.24, 2.45) is 22.7 Å². The molecule has 232 valence electrons. The van der Waals surface area contributed by atoms with E-state index >= 15 is 0 Å². The summed E-state index contributed by atoms with van der Waals surface area (Å²) in [4.78, 5) is 14.1. The molecule has 2 N–H and O–H groups in total. The van der Waals surface area contributed by atoms with Crippen molar-refractivity contribution < 1.29 is 38.7 Å². The first-order valence-corrected chi connectivity index (χ1v) is 15.3. The van der Waals surface area contributed by atoms with E-state index in [1.54, 1.807) is 7.11 Å². The molecule has 3 aliphatic carbocycles. The fraction of sp³-hybridized carbons (Fsp3) is 0.571. The van der Waals surface area contributed by atoms with Gasteiger partial charge in [-0.05, 0) is 49.3 Å². The highest BCUT2D eigenvalue weighted by molar-refractivity contribution is 5.93. The van der Waals surface area contributed by atoms with Crippen LogP contribution in [0.3, 0.4) is 0 Å². The number of methoxy groups -OCH3 is 1. The van der Waals surface area contributed by atoms with E-state index in [0.717, 1.165) is 22.4 Å². The van der Waals surface area contributed by atoms with Crippen LogP contribution in [0.5, 0.6) is 5.75 Å². The van der Waals surface area contributed by atoms with Crippen LogP contribution in [0.25, 0.3) is 0 Å². The predicted molar refractivity (Wildman–Crippen MR) is 159 cm³/mol. The van der Waals surface area contributed by atoms with Gasteiger partial charge in [0, 0.05) is 22.3 Å². The van der Waals surface area contributed by atoms with E-state index in [2.05, 4.69) is 6.58 Å². The van der Waals surface area contributed by atoms with Crippen molar-refractivity contribution in [3.05, 3.63) is 77.9 Å². The molecular weight excluding hydrogens is 548 g/mol. The second-order valence-electron chi connectivity index (χ2n) is 13.4. The van der Waals surface area contributed by atoms with Gasteiger partial charge in [0.05, 0.1) is 32.0 Å². The van der Waals surface area contributed by atoms with Crippen LogP contribution in [0.15, 0.2) is 66.7 Å². The second-order valence-corrected chi connectivity index (χ2v) is 13.4. The SMILES string of the molecule is C=C1CC[C@H](OCOCc2ccccc2)[C@@]2(C)[C@H]3O[C@H](c4ccc(OC)cc4)O[C@@H]3[C@H]3CC[C@@](O)(C(=O)[C@@H](O)[C@H]12)C3(C)C. The van der Waals surface area contributed by atoms with Gasteiger partial charge >= 0.3 is 0 Å². The molecule has 0 radical (unpaired) electrons. The van der Waals surface area contributed by atoms with Gasteiger partial charge in [0.1, 0.15) is 24.2 Å². The molecule has 1 heterocycles. The Balaban J connectivity index is 1.38. The molecule has 0 aromatic heterocycles. The molecular formula is C35H44O8. The van der Waals surface area contributed by atoms with E-state index in [1.165, 1.54) is 0 Å². The third kappa shape index (κ3) is 4.87. The normalized spacial score (nSPS) is 38.5. The zero-order chi connectivity index (χ0) is 30.6. The van der Waals surface area contributed by atoms with Gasteiger partial charge in [-0.15, -0.1) is 0 Å². The summed E-state index contributed by atoms with van der Waals surface area (Å²) in [7, 11) is 1.62. The summed E-state index contributed by atoms with van der Waals surface area (Å²) in [5.41, 5.74) is -0.858. The number of aliphatic hydroxyl groups excluding tert-OH is 1. The Bertz CT molecular complexity index is 1330. The van der Waals surface area contributed by atoms with E-state index in [-0.39, 0.29) is 19.1 Å². The molecule has 0 unspecified atom stereocenters. The van der Waals surface area contributed by atoms with Crippen molar-refractivity contribution in [2.45, 2.75) is 89.4 Å². The number of ketones is 1. The van der Waals surface area contributed by atoms with Gasteiger partial charge in [0.25, 0.3) is 0 Å². The summed E-state index contributed by atoms with van der Waals surface area (Å²) in [5, 5.41) is 23.9. The number of fused-ring (bicyclic) bond motifs is 6. The minimum atomic E-state index is -1.71. The van der Waals surface area contributed by atoms with Crippen LogP contribution < -0.4 is 4.74 Å². The van der Waals surface area contributed by atoms with Gasteiger partial charge in [-0.3, -0.25) is 4.79 Å². The number of aliphatic hydroxyl groups is 2. The number of carbonyl (C=O) groups is 1. The molecule has 1 saturated heterocycles. The zero-order valence-corrected chi connectivity index (χ0v) is 25.5. The number of carbonyl (C=O) groups excluding carboxylic acids is 1. The molecule has 2 aromatic carbocycles. The van der Waals surface area contributed by atoms with Crippen LogP contribution in [-0.2, 0) is 30.3 Å². The molecule has 8 heteroatoms. The van der Waals surface area contributed by atoms with Crippen molar-refractivity contribution in [3.8, 4) is 5.75 Å². The standard InChI is InChI=1S/C35H44O8/c1-21-11-16-26(41-20-40-19-22-9-7-6-8-10-22)34(4)27(21)28(36)30(37)35(38)18-17-25(33(35,2)3)29-31(34)43-32(42-29)23-12-14-24(39-5)15-13-23/h6-10,12-15,25-29,31-32,36,38H,1,11,16-20H2,2-5H3/t25-,26+,27+,28+,29-,31+,32-,34-,35-/m1/s1. The van der Waals surface area contributed by atoms with Crippen LogP contribution in [0.2, 0.25) is 0 Å². The Morgan fingerprint density at radius 3 is 2.44 bits per heavy atom. The molecule has 4 fully saturated rings. The summed E-state index contributed by atoms with van der Waals surface area (Å²) >= 11 is 0. The molecule has 2 aromatic rings. The van der Waals surface area contributed by atoms with Crippen molar-refractivity contribution in [1.29, 1.82) is 0 Å². The Morgan fingerprint density at radius 1 is 1.02 bits per heavy atom. The molecule has 43 heavy (non-hydrogen) atoms. The largest absolute Gasteiger partial charge is 0.497 e. The summed E-state index contributed by atoms with van der Waals surface area (Å²) < 4.78 is 31.4. The highest BCUT2D eigenvalue weighted by atomic mass is 16.7. The molecule has 2 bridgehead atoms. The van der Waals surface area contributed by atoms with Crippen LogP contribution in [-0.4, -0.2) is 59.9 Å². The quantitative estimate of drug-likeness (QED) is 0.260. The molecule has 0 amide bonds. The Kier molecular flexibility index (Phi) is 8.07. The number of benzene rings is 2. The predicted octanol–water partition coefficient (Wildman–Crippen LogP) is 5.12. The van der Waals surface area contributed by atoms with Crippen molar-refractivity contribution in [1.82, 2.24) is 0 Å². The molecule has 3 saturated carbocycles. The first-order valence-electron chi connectivity index (χ1n) is 15.3. The van der Waals surface area contributed by atoms with E-state index in [4.69, 9.17) is 23.7 Å². The summed E-state index contributed by atoms with van der Waals surface area (Å²) in [5.74, 6) is -0.738. The van der Waals surface area contributed by atoms with Gasteiger partial charge in [0.15, 0.2) is 12.1 Å². The smallest absolute Gasteiger partial charge is 0.193 e. The monoisotopic (exact) mass is 592 g/mol. The third-order valence-electron chi connectivity index (χ3n) is 11.0. The molecule has 4 aliphatic rings. The van der Waals surface area contributed by atoms with Crippen LogP contribution in [0.4, 0.5) is 0 Å². The van der Waals surface area contributed by atoms with E-state index < -0.39 is 58.8 Å². The minimum absolute atomic E-state index is 0.0391. The van der Waals surface area contributed by atoms with E-state index in [9.17, 15) is 15.0 Å². The first kappa shape index (κ1) is 30.4. The zero-order valence-electron chi connectivity index (χ0n) is 25.5. The fourth-order valence-electron chi connectivity index (χ4n) is 8.42. The first-order chi connectivity index (χ1) is 20.5. The number of Topliss-reactive ketones (excluding diaryl/α,β-unsaturated/α-hetero) is 1. The molecule has 8 nitrogen and oxygen atoms in total. The van der Waals surface area contributed by atoms with Gasteiger partial charge in [-0.2, -0.15) is 0 Å². The Morgan fingerprint density at radius 2 is 1.74 bits per heavy atom. The molecule has 9 atom stereocenters. The van der Waals surface area contributed by atoms with Crippen molar-refractivity contribution >= 4 is 5.78 Å². The van der Waals surface area contributed by atoms with Crippen LogP contribution in [0, 0.1) is 22.7 Å². The van der Waals surface area contributed by atoms with Gasteiger partial charge in [-0.25, -0.2) is 0 Å². The lowest BCUT2D eigenvalue weighted by Gasteiger charge is -2.53. The minimum Gasteiger partial charge on any atom is -0.497 e. The van der Waals surface area contributed by atoms with E-state index in [0.29, 0.717) is 25.9 Å². The summed E-state index contributed by atoms with van der Waals surface area (Å²) in [6, 6.07) is 17.5. The maximum absolute atomic E-state index is 14.1. The average molecular weight is 593 g/mol. The Labute approximate surface area is 253 Å². The summed E-state index contributed by atoms with van der Waals surface area (Å²) in [6.45, 7) is 10.6. The maximum Gasteiger partial charge on any atom is 0.193 e. The fourth-order valence-corrected chi connectivity index (χ4v) is 8.42. The number of hydrogen-bond acceptors (Lipinski definition) is 8. The average Bonchev–Trinajstić information content (AvgIpc) is 3.55. The van der Waals surface area contributed by atoms with Crippen LogP contribution >= 0.6 is 0 Å². The lowest BCUT2D eigenvalue weighted by Crippen LogP contribution is -2.61. The molecule has 1 aliphatic heterocycles. The van der Waals surface area contributed by atoms with Gasteiger partial charge in [0.2, 0.25) is 0 Å². The highest BCUT2D eigenvalue weighted by Crippen LogP contribution is 2.62. The third-order valence-corrected chi connectivity index (χ3v) is 11.0. The molecule has 6 rings (SSSR count).